The number of hydrogen-bond acceptors (Lipinski definition) is 3. The maximum Gasteiger partial charge on any atom is 0.0664 e. The van der Waals surface area contributed by atoms with Gasteiger partial charge in [-0.2, -0.15) is 0 Å². The van der Waals surface area contributed by atoms with Gasteiger partial charge in [0.25, 0.3) is 0 Å². The fourth-order valence-corrected chi connectivity index (χ4v) is 1.89. The quantitative estimate of drug-likeness (QED) is 0.726. The molecule has 0 bridgehead atoms. The second kappa shape index (κ2) is 5.69. The highest BCUT2D eigenvalue weighted by atomic mass is 16.3. The average Bonchev–Trinajstić information content (AvgIpc) is 2.18. The Morgan fingerprint density at radius 1 is 1.14 bits per heavy atom. The molecule has 3 nitrogen and oxygen atoms in total. The molecular weight excluding hydrogens is 176 g/mol. The highest BCUT2D eigenvalue weighted by molar-refractivity contribution is 4.75. The third-order valence-electron chi connectivity index (χ3n) is 3.08. The molecule has 0 spiro atoms. The number of hydrogen-bond donors (Lipinski definition) is 1. The molecule has 0 aromatic heterocycles. The van der Waals surface area contributed by atoms with Crippen molar-refractivity contribution in [3.05, 3.63) is 0 Å². The van der Waals surface area contributed by atoms with E-state index in [4.69, 9.17) is 0 Å². The summed E-state index contributed by atoms with van der Waals surface area (Å²) in [7, 11) is 0. The van der Waals surface area contributed by atoms with E-state index < -0.39 is 0 Å². The lowest BCUT2D eigenvalue weighted by Crippen LogP contribution is -2.50. The first-order valence-electron chi connectivity index (χ1n) is 5.78. The summed E-state index contributed by atoms with van der Waals surface area (Å²) in [5.74, 6) is 0. The molecule has 3 heteroatoms. The highest BCUT2D eigenvalue weighted by Crippen LogP contribution is 2.06. The van der Waals surface area contributed by atoms with Gasteiger partial charge >= 0.3 is 0 Å². The van der Waals surface area contributed by atoms with Crippen LogP contribution in [0.25, 0.3) is 0 Å². The molecule has 1 rings (SSSR count). The van der Waals surface area contributed by atoms with E-state index in [1.165, 1.54) is 0 Å². The van der Waals surface area contributed by atoms with Crippen LogP contribution in [0.5, 0.6) is 0 Å². The van der Waals surface area contributed by atoms with Crippen molar-refractivity contribution >= 4 is 0 Å². The number of aliphatic hydroxyl groups is 1. The maximum atomic E-state index is 9.53. The van der Waals surface area contributed by atoms with Crippen LogP contribution in [-0.4, -0.2) is 59.8 Å². The number of nitrogens with zero attached hydrogens (tertiary/aromatic N) is 2. The van der Waals surface area contributed by atoms with Crippen molar-refractivity contribution in [2.75, 3.05) is 32.7 Å². The Hall–Kier alpha value is -0.120. The first kappa shape index (κ1) is 12.0. The molecule has 0 amide bonds. The minimum atomic E-state index is -0.138. The SMILES string of the molecule is CC[C@H](O)CN1CCN(C(C)C)CC1. The lowest BCUT2D eigenvalue weighted by atomic mass is 10.2. The van der Waals surface area contributed by atoms with Crippen LogP contribution < -0.4 is 0 Å². The van der Waals surface area contributed by atoms with E-state index in [-0.39, 0.29) is 6.10 Å². The molecule has 1 aliphatic heterocycles. The molecule has 1 fully saturated rings. The summed E-state index contributed by atoms with van der Waals surface area (Å²) in [6.45, 7) is 11.9. The molecule has 0 unspecified atom stereocenters. The van der Waals surface area contributed by atoms with Crippen LogP contribution in [0.3, 0.4) is 0 Å². The number of β-amino-alcohol motifs (C(OH)–C–C–N with tert-alkyl or cyclic N) is 1. The van der Waals surface area contributed by atoms with Gasteiger partial charge in [-0.25, -0.2) is 0 Å². The summed E-state index contributed by atoms with van der Waals surface area (Å²) in [4.78, 5) is 4.86. The molecule has 14 heavy (non-hydrogen) atoms. The monoisotopic (exact) mass is 200 g/mol. The van der Waals surface area contributed by atoms with Crippen LogP contribution in [-0.2, 0) is 0 Å². The topological polar surface area (TPSA) is 26.7 Å². The molecule has 1 aliphatic rings. The normalized spacial score (nSPS) is 22.9. The minimum Gasteiger partial charge on any atom is -0.392 e. The van der Waals surface area contributed by atoms with E-state index in [0.29, 0.717) is 6.04 Å². The smallest absolute Gasteiger partial charge is 0.0664 e. The molecular formula is C11H24N2O. The van der Waals surface area contributed by atoms with E-state index in [2.05, 4.69) is 23.6 Å². The molecule has 0 saturated carbocycles. The largest absolute Gasteiger partial charge is 0.392 e. The lowest BCUT2D eigenvalue weighted by molar-refractivity contribution is 0.0610. The second-order valence-corrected chi connectivity index (χ2v) is 4.49. The van der Waals surface area contributed by atoms with Crippen molar-refractivity contribution in [3.8, 4) is 0 Å². The zero-order chi connectivity index (χ0) is 10.6. The fraction of sp³-hybridized carbons (Fsp3) is 1.00. The second-order valence-electron chi connectivity index (χ2n) is 4.49. The molecule has 84 valence electrons. The van der Waals surface area contributed by atoms with Crippen molar-refractivity contribution in [2.24, 2.45) is 0 Å². The Labute approximate surface area is 87.7 Å². The van der Waals surface area contributed by atoms with Gasteiger partial charge in [0.2, 0.25) is 0 Å². The first-order chi connectivity index (χ1) is 6.63. The predicted octanol–water partition coefficient (Wildman–Crippen LogP) is 0.783. The summed E-state index contributed by atoms with van der Waals surface area (Å²) in [6.07, 6.45) is 0.727. The van der Waals surface area contributed by atoms with Crippen molar-refractivity contribution in [1.29, 1.82) is 0 Å². The van der Waals surface area contributed by atoms with Crippen LogP contribution in [0.4, 0.5) is 0 Å². The summed E-state index contributed by atoms with van der Waals surface area (Å²) in [5, 5.41) is 9.53. The Bertz CT molecular complexity index is 153. The Morgan fingerprint density at radius 3 is 2.14 bits per heavy atom. The van der Waals surface area contributed by atoms with Gasteiger partial charge in [-0.15, -0.1) is 0 Å². The molecule has 1 heterocycles. The van der Waals surface area contributed by atoms with Crippen LogP contribution in [0.15, 0.2) is 0 Å². The van der Waals surface area contributed by atoms with Gasteiger partial charge in [-0.1, -0.05) is 6.92 Å². The molecule has 0 aromatic rings. The van der Waals surface area contributed by atoms with Crippen molar-refractivity contribution in [2.45, 2.75) is 39.3 Å². The number of aliphatic hydroxyl groups excluding tert-OH is 1. The maximum absolute atomic E-state index is 9.53. The van der Waals surface area contributed by atoms with Crippen molar-refractivity contribution in [1.82, 2.24) is 9.80 Å². The Morgan fingerprint density at radius 2 is 1.71 bits per heavy atom. The zero-order valence-corrected chi connectivity index (χ0v) is 9.74. The third kappa shape index (κ3) is 3.56. The standard InChI is InChI=1S/C11H24N2O/c1-4-11(14)9-12-5-7-13(8-6-12)10(2)3/h10-11,14H,4-9H2,1-3H3/t11-/m0/s1. The fourth-order valence-electron chi connectivity index (χ4n) is 1.89. The van der Waals surface area contributed by atoms with Crippen LogP contribution >= 0.6 is 0 Å². The highest BCUT2D eigenvalue weighted by Gasteiger charge is 2.19. The van der Waals surface area contributed by atoms with Crippen LogP contribution in [0.2, 0.25) is 0 Å². The van der Waals surface area contributed by atoms with E-state index in [1.54, 1.807) is 0 Å². The van der Waals surface area contributed by atoms with Gasteiger partial charge in [0.1, 0.15) is 0 Å². The molecule has 1 N–H and O–H groups in total. The van der Waals surface area contributed by atoms with Crippen LogP contribution in [0.1, 0.15) is 27.2 Å². The first-order valence-corrected chi connectivity index (χ1v) is 5.78. The van der Waals surface area contributed by atoms with E-state index in [9.17, 15) is 5.11 Å². The summed E-state index contributed by atoms with van der Waals surface area (Å²) in [6, 6.07) is 0.660. The van der Waals surface area contributed by atoms with E-state index >= 15 is 0 Å². The van der Waals surface area contributed by atoms with E-state index in [1.807, 2.05) is 6.92 Å². The van der Waals surface area contributed by atoms with E-state index in [0.717, 1.165) is 39.1 Å². The molecule has 0 aromatic carbocycles. The Balaban J connectivity index is 2.22. The number of rotatable bonds is 4. The molecule has 0 radical (unpaired) electrons. The Kier molecular flexibility index (Phi) is 4.85. The van der Waals surface area contributed by atoms with Gasteiger partial charge in [-0.05, 0) is 20.3 Å². The van der Waals surface area contributed by atoms with Gasteiger partial charge < -0.3 is 5.11 Å². The summed E-state index contributed by atoms with van der Waals surface area (Å²) in [5.41, 5.74) is 0. The molecule has 1 atom stereocenters. The molecule has 0 aliphatic carbocycles. The van der Waals surface area contributed by atoms with Gasteiger partial charge in [0, 0.05) is 38.8 Å². The third-order valence-corrected chi connectivity index (χ3v) is 3.08. The van der Waals surface area contributed by atoms with Crippen molar-refractivity contribution in [3.63, 3.8) is 0 Å². The zero-order valence-electron chi connectivity index (χ0n) is 9.74. The summed E-state index contributed by atoms with van der Waals surface area (Å²) < 4.78 is 0. The lowest BCUT2D eigenvalue weighted by Gasteiger charge is -2.37. The van der Waals surface area contributed by atoms with Crippen molar-refractivity contribution < 1.29 is 5.11 Å². The summed E-state index contributed by atoms with van der Waals surface area (Å²) >= 11 is 0. The van der Waals surface area contributed by atoms with Gasteiger partial charge in [-0.3, -0.25) is 9.80 Å². The minimum absolute atomic E-state index is 0.138. The van der Waals surface area contributed by atoms with Gasteiger partial charge in [0.05, 0.1) is 6.10 Å². The average molecular weight is 200 g/mol. The molecule has 1 saturated heterocycles. The van der Waals surface area contributed by atoms with Crippen LogP contribution in [0, 0.1) is 0 Å². The number of piperazine rings is 1. The predicted molar refractivity (Wildman–Crippen MR) is 59.4 cm³/mol. The van der Waals surface area contributed by atoms with Gasteiger partial charge in [0.15, 0.2) is 0 Å².